The van der Waals surface area contributed by atoms with Crippen LogP contribution in [0.5, 0.6) is 0 Å². The number of aryl methyl sites for hydroxylation is 1. The predicted octanol–water partition coefficient (Wildman–Crippen LogP) is 4.13. The fraction of sp³-hybridized carbons (Fsp3) is 0.273. The summed E-state index contributed by atoms with van der Waals surface area (Å²) in [6, 6.07) is 14.9. The van der Waals surface area contributed by atoms with Gasteiger partial charge in [-0.2, -0.15) is 0 Å². The van der Waals surface area contributed by atoms with E-state index in [1.54, 1.807) is 12.1 Å². The second-order valence-corrected chi connectivity index (χ2v) is 6.58. The molecule has 2 aromatic carbocycles. The van der Waals surface area contributed by atoms with Crippen molar-refractivity contribution >= 4 is 5.97 Å². The Hall–Kier alpha value is -2.92. The molecule has 0 amide bonds. The average molecular weight is 364 g/mol. The second-order valence-electron chi connectivity index (χ2n) is 6.58. The van der Waals surface area contributed by atoms with Crippen molar-refractivity contribution in [2.24, 2.45) is 0 Å². The molecule has 0 spiro atoms. The highest BCUT2D eigenvalue weighted by Crippen LogP contribution is 2.24. The molecule has 2 N–H and O–H groups in total. The summed E-state index contributed by atoms with van der Waals surface area (Å²) in [4.78, 5) is 16.0. The number of unbranched alkanes of at least 4 members (excludes halogenated alkanes) is 1. The average Bonchev–Trinajstić information content (AvgIpc) is 3.08. The number of hydrogen-bond donors (Lipinski definition) is 2. The summed E-state index contributed by atoms with van der Waals surface area (Å²) < 4.78 is 2.11. The third-order valence-electron chi connectivity index (χ3n) is 4.61. The summed E-state index contributed by atoms with van der Waals surface area (Å²) in [5.74, 6) is 0.00958. The second kappa shape index (κ2) is 8.64. The van der Waals surface area contributed by atoms with Gasteiger partial charge in [0.25, 0.3) is 0 Å². The quantitative estimate of drug-likeness (QED) is 0.630. The van der Waals surface area contributed by atoms with E-state index in [0.29, 0.717) is 23.2 Å². The minimum Gasteiger partial charge on any atom is -0.478 e. The van der Waals surface area contributed by atoms with E-state index in [4.69, 9.17) is 0 Å². The molecule has 0 fully saturated rings. The first kappa shape index (κ1) is 18.9. The van der Waals surface area contributed by atoms with Gasteiger partial charge in [0, 0.05) is 19.2 Å². The van der Waals surface area contributed by atoms with Crippen molar-refractivity contribution in [3.8, 4) is 11.1 Å². The maximum absolute atomic E-state index is 11.4. The van der Waals surface area contributed by atoms with E-state index in [2.05, 4.69) is 16.5 Å². The van der Waals surface area contributed by atoms with Crippen molar-refractivity contribution in [1.82, 2.24) is 9.55 Å². The minimum atomic E-state index is -0.927. The molecule has 3 aromatic rings. The summed E-state index contributed by atoms with van der Waals surface area (Å²) in [7, 11) is 0. The Balaban J connectivity index is 1.83. The Labute approximate surface area is 158 Å². The number of rotatable bonds is 8. The molecule has 1 heterocycles. The van der Waals surface area contributed by atoms with Crippen LogP contribution < -0.4 is 0 Å². The van der Waals surface area contributed by atoms with Crippen LogP contribution in [-0.2, 0) is 19.6 Å². The number of imidazole rings is 1. The van der Waals surface area contributed by atoms with Crippen LogP contribution in [0.2, 0.25) is 0 Å². The van der Waals surface area contributed by atoms with Gasteiger partial charge in [-0.3, -0.25) is 0 Å². The predicted molar refractivity (Wildman–Crippen MR) is 105 cm³/mol. The Morgan fingerprint density at radius 2 is 1.85 bits per heavy atom. The first-order valence-electron chi connectivity index (χ1n) is 9.19. The molecule has 5 nitrogen and oxygen atoms in total. The summed E-state index contributed by atoms with van der Waals surface area (Å²) in [5, 5.41) is 18.7. The van der Waals surface area contributed by atoms with Crippen LogP contribution in [0, 0.1) is 0 Å². The summed E-state index contributed by atoms with van der Waals surface area (Å²) >= 11 is 0. The standard InChI is InChI=1S/C22H24N2O3/c1-2-3-12-24-14-18(15-25)23-21(24)13-16-8-10-17(11-9-16)19-6-4-5-7-20(19)22(26)27/h4-11,14,25H,2-3,12-13,15H2,1H3,(H,26,27). The molecule has 0 saturated carbocycles. The van der Waals surface area contributed by atoms with E-state index in [0.717, 1.165) is 36.3 Å². The van der Waals surface area contributed by atoms with Gasteiger partial charge in [0.2, 0.25) is 0 Å². The lowest BCUT2D eigenvalue weighted by Gasteiger charge is -2.09. The lowest BCUT2D eigenvalue weighted by molar-refractivity contribution is 0.0697. The van der Waals surface area contributed by atoms with Crippen molar-refractivity contribution in [3.05, 3.63) is 77.4 Å². The summed E-state index contributed by atoms with van der Waals surface area (Å²) in [6.45, 7) is 2.98. The van der Waals surface area contributed by atoms with Crippen LogP contribution in [-0.4, -0.2) is 25.7 Å². The van der Waals surface area contributed by atoms with Crippen molar-refractivity contribution in [2.45, 2.75) is 39.3 Å². The van der Waals surface area contributed by atoms with Crippen molar-refractivity contribution in [1.29, 1.82) is 0 Å². The minimum absolute atomic E-state index is 0.0585. The molecule has 140 valence electrons. The van der Waals surface area contributed by atoms with Crippen LogP contribution in [0.15, 0.2) is 54.7 Å². The van der Waals surface area contributed by atoms with Crippen LogP contribution in [0.3, 0.4) is 0 Å². The number of aromatic carboxylic acids is 1. The third-order valence-corrected chi connectivity index (χ3v) is 4.61. The molecule has 0 aliphatic heterocycles. The van der Waals surface area contributed by atoms with E-state index in [1.807, 2.05) is 42.6 Å². The maximum atomic E-state index is 11.4. The lowest BCUT2D eigenvalue weighted by atomic mass is 9.98. The van der Waals surface area contributed by atoms with Gasteiger partial charge in [-0.15, -0.1) is 0 Å². The number of benzene rings is 2. The number of hydrogen-bond acceptors (Lipinski definition) is 3. The van der Waals surface area contributed by atoms with Crippen LogP contribution in [0.1, 0.15) is 47.2 Å². The van der Waals surface area contributed by atoms with Gasteiger partial charge in [-0.05, 0) is 29.2 Å². The summed E-state index contributed by atoms with van der Waals surface area (Å²) in [6.07, 6.45) is 4.76. The molecule has 0 bridgehead atoms. The van der Waals surface area contributed by atoms with E-state index >= 15 is 0 Å². The Morgan fingerprint density at radius 3 is 2.52 bits per heavy atom. The van der Waals surface area contributed by atoms with E-state index < -0.39 is 5.97 Å². The van der Waals surface area contributed by atoms with Crippen LogP contribution in [0.25, 0.3) is 11.1 Å². The highest BCUT2D eigenvalue weighted by molar-refractivity contribution is 5.95. The van der Waals surface area contributed by atoms with Crippen LogP contribution >= 0.6 is 0 Å². The van der Waals surface area contributed by atoms with Gasteiger partial charge < -0.3 is 14.8 Å². The highest BCUT2D eigenvalue weighted by atomic mass is 16.4. The number of nitrogens with zero attached hydrogens (tertiary/aromatic N) is 2. The van der Waals surface area contributed by atoms with Gasteiger partial charge in [0.1, 0.15) is 5.82 Å². The molecule has 27 heavy (non-hydrogen) atoms. The number of aliphatic hydroxyl groups excluding tert-OH is 1. The molecule has 0 aliphatic rings. The van der Waals surface area contributed by atoms with Gasteiger partial charge in [0.05, 0.1) is 17.9 Å². The Morgan fingerprint density at radius 1 is 1.11 bits per heavy atom. The smallest absolute Gasteiger partial charge is 0.336 e. The van der Waals surface area contributed by atoms with Crippen molar-refractivity contribution in [2.75, 3.05) is 0 Å². The third kappa shape index (κ3) is 4.44. The van der Waals surface area contributed by atoms with Gasteiger partial charge in [-0.25, -0.2) is 9.78 Å². The molecule has 0 aliphatic carbocycles. The molecule has 0 radical (unpaired) electrons. The van der Waals surface area contributed by atoms with Gasteiger partial charge in [0.15, 0.2) is 0 Å². The number of carboxylic acids is 1. The number of carboxylic acid groups (broad SMARTS) is 1. The lowest BCUT2D eigenvalue weighted by Crippen LogP contribution is -2.04. The fourth-order valence-corrected chi connectivity index (χ4v) is 3.16. The van der Waals surface area contributed by atoms with E-state index in [-0.39, 0.29) is 6.61 Å². The summed E-state index contributed by atoms with van der Waals surface area (Å²) in [5.41, 5.74) is 3.67. The molecule has 3 rings (SSSR count). The zero-order chi connectivity index (χ0) is 19.2. The first-order chi connectivity index (χ1) is 13.1. The fourth-order valence-electron chi connectivity index (χ4n) is 3.16. The molecular weight excluding hydrogens is 340 g/mol. The topological polar surface area (TPSA) is 75.3 Å². The number of carbonyl (C=O) groups is 1. The highest BCUT2D eigenvalue weighted by Gasteiger charge is 2.12. The maximum Gasteiger partial charge on any atom is 0.336 e. The molecule has 1 aromatic heterocycles. The molecule has 0 saturated heterocycles. The zero-order valence-corrected chi connectivity index (χ0v) is 15.4. The van der Waals surface area contributed by atoms with Gasteiger partial charge >= 0.3 is 5.97 Å². The molecule has 0 unspecified atom stereocenters. The Kier molecular flexibility index (Phi) is 6.04. The van der Waals surface area contributed by atoms with E-state index in [9.17, 15) is 15.0 Å². The van der Waals surface area contributed by atoms with E-state index in [1.165, 1.54) is 0 Å². The molecule has 0 atom stereocenters. The first-order valence-corrected chi connectivity index (χ1v) is 9.19. The van der Waals surface area contributed by atoms with Crippen molar-refractivity contribution < 1.29 is 15.0 Å². The largest absolute Gasteiger partial charge is 0.478 e. The van der Waals surface area contributed by atoms with Crippen molar-refractivity contribution in [3.63, 3.8) is 0 Å². The Bertz CT molecular complexity index is 914. The SMILES string of the molecule is CCCCn1cc(CO)nc1Cc1ccc(-c2ccccc2C(=O)O)cc1. The number of aromatic nitrogens is 2. The normalized spacial score (nSPS) is 10.9. The number of aliphatic hydroxyl groups is 1. The molecule has 5 heteroatoms. The molecular formula is C22H24N2O3. The van der Waals surface area contributed by atoms with Crippen LogP contribution in [0.4, 0.5) is 0 Å². The zero-order valence-electron chi connectivity index (χ0n) is 15.4. The monoisotopic (exact) mass is 364 g/mol. The van der Waals surface area contributed by atoms with Gasteiger partial charge in [-0.1, -0.05) is 55.8 Å².